The zero-order valence-corrected chi connectivity index (χ0v) is 16.5. The maximum Gasteiger partial charge on any atom is 0.306 e. The summed E-state index contributed by atoms with van der Waals surface area (Å²) in [5.74, 6) is -0.279. The summed E-state index contributed by atoms with van der Waals surface area (Å²) in [5, 5.41) is 10.5. The van der Waals surface area contributed by atoms with E-state index >= 15 is 0 Å². The Morgan fingerprint density at radius 2 is 1.96 bits per heavy atom. The number of carboxylic acids is 1. The molecule has 1 atom stereocenters. The van der Waals surface area contributed by atoms with Crippen LogP contribution in [0.5, 0.6) is 5.75 Å². The fourth-order valence-electron chi connectivity index (χ4n) is 4.11. The number of fused-ring (bicyclic) bond motifs is 1. The van der Waals surface area contributed by atoms with Crippen LogP contribution in [-0.2, 0) is 18.3 Å². The van der Waals surface area contributed by atoms with E-state index in [1.54, 1.807) is 6.92 Å². The standard InChI is InChI=1S/C24H27NO3/c1-16(24(26)27)13-17-7-10-23(28-20-5-3-4-6-20)21(14-17)18-8-9-22-19(15-18)11-12-25(22)2/h7-12,14-16,20H,3-6,13H2,1-2H3,(H,26,27). The van der Waals surface area contributed by atoms with Gasteiger partial charge >= 0.3 is 5.97 Å². The van der Waals surface area contributed by atoms with Gasteiger partial charge in [0.2, 0.25) is 0 Å². The van der Waals surface area contributed by atoms with Gasteiger partial charge in [-0.3, -0.25) is 4.79 Å². The molecular formula is C24H27NO3. The first-order valence-electron chi connectivity index (χ1n) is 10.1. The van der Waals surface area contributed by atoms with Gasteiger partial charge in [0.15, 0.2) is 0 Å². The van der Waals surface area contributed by atoms with Gasteiger partial charge in [-0.1, -0.05) is 19.1 Å². The zero-order chi connectivity index (χ0) is 19.7. The minimum Gasteiger partial charge on any atom is -0.490 e. The van der Waals surface area contributed by atoms with Crippen LogP contribution >= 0.6 is 0 Å². The van der Waals surface area contributed by atoms with Gasteiger partial charge in [0, 0.05) is 29.7 Å². The fourth-order valence-corrected chi connectivity index (χ4v) is 4.11. The zero-order valence-electron chi connectivity index (χ0n) is 16.5. The minimum absolute atomic E-state index is 0.281. The molecule has 1 aliphatic carbocycles. The van der Waals surface area contributed by atoms with Gasteiger partial charge < -0.3 is 14.4 Å². The maximum absolute atomic E-state index is 11.3. The third-order valence-corrected chi connectivity index (χ3v) is 5.80. The predicted molar refractivity (Wildman–Crippen MR) is 112 cm³/mol. The number of aryl methyl sites for hydroxylation is 1. The van der Waals surface area contributed by atoms with Gasteiger partial charge in [-0.15, -0.1) is 0 Å². The number of benzene rings is 2. The van der Waals surface area contributed by atoms with Crippen LogP contribution < -0.4 is 4.74 Å². The van der Waals surface area contributed by atoms with E-state index in [-0.39, 0.29) is 6.10 Å². The van der Waals surface area contributed by atoms with Crippen molar-refractivity contribution in [2.24, 2.45) is 13.0 Å². The second-order valence-electron chi connectivity index (χ2n) is 8.00. The summed E-state index contributed by atoms with van der Waals surface area (Å²) in [5.41, 5.74) is 4.37. The van der Waals surface area contributed by atoms with Crippen molar-refractivity contribution in [3.05, 3.63) is 54.2 Å². The number of rotatable bonds is 6. The molecule has 2 aromatic carbocycles. The lowest BCUT2D eigenvalue weighted by molar-refractivity contribution is -0.141. The Morgan fingerprint density at radius 3 is 2.71 bits per heavy atom. The third-order valence-electron chi connectivity index (χ3n) is 5.80. The van der Waals surface area contributed by atoms with Gasteiger partial charge in [0.25, 0.3) is 0 Å². The van der Waals surface area contributed by atoms with Crippen LogP contribution in [0.2, 0.25) is 0 Å². The van der Waals surface area contributed by atoms with Crippen molar-refractivity contribution in [2.45, 2.75) is 45.1 Å². The number of carbonyl (C=O) groups is 1. The van der Waals surface area contributed by atoms with E-state index in [9.17, 15) is 9.90 Å². The minimum atomic E-state index is -0.765. The molecule has 1 aromatic heterocycles. The number of carboxylic acid groups (broad SMARTS) is 1. The summed E-state index contributed by atoms with van der Waals surface area (Å²) in [4.78, 5) is 11.3. The molecule has 0 saturated heterocycles. The normalized spacial score (nSPS) is 15.8. The highest BCUT2D eigenvalue weighted by Crippen LogP contribution is 2.36. The van der Waals surface area contributed by atoms with Crippen LogP contribution in [0.1, 0.15) is 38.2 Å². The predicted octanol–water partition coefficient (Wildman–Crippen LogP) is 5.43. The van der Waals surface area contributed by atoms with Crippen LogP contribution in [0.15, 0.2) is 48.7 Å². The molecule has 0 radical (unpaired) electrons. The SMILES string of the molecule is CC(Cc1ccc(OC2CCCC2)c(-c2ccc3c(ccn3C)c2)c1)C(=O)O. The number of ether oxygens (including phenoxy) is 1. The largest absolute Gasteiger partial charge is 0.490 e. The smallest absolute Gasteiger partial charge is 0.306 e. The lowest BCUT2D eigenvalue weighted by Crippen LogP contribution is -2.13. The summed E-state index contributed by atoms with van der Waals surface area (Å²) in [6.45, 7) is 1.75. The molecule has 4 heteroatoms. The average molecular weight is 377 g/mol. The Balaban J connectivity index is 1.73. The Hall–Kier alpha value is -2.75. The molecule has 3 aromatic rings. The highest BCUT2D eigenvalue weighted by atomic mass is 16.5. The molecule has 1 saturated carbocycles. The van der Waals surface area contributed by atoms with Crippen LogP contribution in [0.3, 0.4) is 0 Å². The molecule has 0 bridgehead atoms. The van der Waals surface area contributed by atoms with Crippen LogP contribution in [0, 0.1) is 5.92 Å². The Bertz CT molecular complexity index is 998. The second kappa shape index (κ2) is 7.70. The van der Waals surface area contributed by atoms with Crippen LogP contribution in [-0.4, -0.2) is 21.7 Å². The summed E-state index contributed by atoms with van der Waals surface area (Å²) < 4.78 is 8.48. The Labute approximate surface area is 165 Å². The molecule has 0 amide bonds. The van der Waals surface area contributed by atoms with E-state index in [2.05, 4.69) is 41.1 Å². The molecule has 146 valence electrons. The Kier molecular flexibility index (Phi) is 5.12. The van der Waals surface area contributed by atoms with Crippen LogP contribution in [0.25, 0.3) is 22.0 Å². The van der Waals surface area contributed by atoms with E-state index in [1.807, 2.05) is 19.2 Å². The van der Waals surface area contributed by atoms with Crippen molar-refractivity contribution in [3.63, 3.8) is 0 Å². The average Bonchev–Trinajstić information content (AvgIpc) is 3.32. The Morgan fingerprint density at radius 1 is 1.18 bits per heavy atom. The van der Waals surface area contributed by atoms with Crippen molar-refractivity contribution in [1.82, 2.24) is 4.57 Å². The molecule has 1 fully saturated rings. The fraction of sp³-hybridized carbons (Fsp3) is 0.375. The van der Waals surface area contributed by atoms with Gasteiger partial charge in [0.05, 0.1) is 12.0 Å². The molecule has 1 N–H and O–H groups in total. The monoisotopic (exact) mass is 377 g/mol. The summed E-state index contributed by atoms with van der Waals surface area (Å²) >= 11 is 0. The van der Waals surface area contributed by atoms with E-state index in [4.69, 9.17) is 4.74 Å². The van der Waals surface area contributed by atoms with E-state index in [0.29, 0.717) is 6.42 Å². The number of hydrogen-bond donors (Lipinski definition) is 1. The van der Waals surface area contributed by atoms with Crippen molar-refractivity contribution in [2.75, 3.05) is 0 Å². The number of aromatic nitrogens is 1. The molecule has 1 unspecified atom stereocenters. The number of hydrogen-bond acceptors (Lipinski definition) is 2. The summed E-state index contributed by atoms with van der Waals surface area (Å²) in [6, 6.07) is 14.7. The molecule has 28 heavy (non-hydrogen) atoms. The highest BCUT2D eigenvalue weighted by Gasteiger charge is 2.20. The molecule has 4 nitrogen and oxygen atoms in total. The molecule has 1 heterocycles. The number of nitrogens with zero attached hydrogens (tertiary/aromatic N) is 1. The van der Waals surface area contributed by atoms with Gasteiger partial charge in [-0.05, 0) is 73.6 Å². The molecule has 1 aliphatic rings. The highest BCUT2D eigenvalue weighted by molar-refractivity contribution is 5.87. The first kappa shape index (κ1) is 18.6. The first-order chi connectivity index (χ1) is 13.5. The summed E-state index contributed by atoms with van der Waals surface area (Å²) in [6.07, 6.45) is 7.52. The molecule has 4 rings (SSSR count). The molecule has 0 aliphatic heterocycles. The van der Waals surface area contributed by atoms with Crippen molar-refractivity contribution in [1.29, 1.82) is 0 Å². The van der Waals surface area contributed by atoms with Gasteiger partial charge in [-0.25, -0.2) is 0 Å². The maximum atomic E-state index is 11.3. The van der Waals surface area contributed by atoms with E-state index in [1.165, 1.54) is 23.7 Å². The first-order valence-corrected chi connectivity index (χ1v) is 10.1. The van der Waals surface area contributed by atoms with Crippen molar-refractivity contribution >= 4 is 16.9 Å². The number of aliphatic carboxylic acids is 1. The topological polar surface area (TPSA) is 51.5 Å². The summed E-state index contributed by atoms with van der Waals surface area (Å²) in [7, 11) is 2.05. The molecular weight excluding hydrogens is 350 g/mol. The van der Waals surface area contributed by atoms with Crippen molar-refractivity contribution in [3.8, 4) is 16.9 Å². The van der Waals surface area contributed by atoms with Crippen LogP contribution in [0.4, 0.5) is 0 Å². The van der Waals surface area contributed by atoms with E-state index < -0.39 is 11.9 Å². The lowest BCUT2D eigenvalue weighted by Gasteiger charge is -2.18. The second-order valence-corrected chi connectivity index (χ2v) is 8.00. The van der Waals surface area contributed by atoms with Gasteiger partial charge in [-0.2, -0.15) is 0 Å². The van der Waals surface area contributed by atoms with Gasteiger partial charge in [0.1, 0.15) is 5.75 Å². The van der Waals surface area contributed by atoms with E-state index in [0.717, 1.165) is 35.3 Å². The molecule has 0 spiro atoms. The quantitative estimate of drug-likeness (QED) is 0.623. The lowest BCUT2D eigenvalue weighted by atomic mass is 9.96. The van der Waals surface area contributed by atoms with Crippen molar-refractivity contribution < 1.29 is 14.6 Å². The third kappa shape index (κ3) is 3.77.